The number of aliphatic hydroxyl groups is 1. The highest BCUT2D eigenvalue weighted by Crippen LogP contribution is 2.38. The molecule has 2 aromatic rings. The summed E-state index contributed by atoms with van der Waals surface area (Å²) < 4.78 is 6.12. The molecule has 0 spiro atoms. The normalized spacial score (nSPS) is 15.8. The summed E-state index contributed by atoms with van der Waals surface area (Å²) in [7, 11) is 0.336. The van der Waals surface area contributed by atoms with Gasteiger partial charge in [-0.3, -0.25) is 0 Å². The second-order valence-corrected chi connectivity index (χ2v) is 14.8. The van der Waals surface area contributed by atoms with Gasteiger partial charge in [0.2, 0.25) is 0 Å². The molecule has 0 saturated carbocycles. The second-order valence-electron chi connectivity index (χ2n) is 9.80. The number of hydrogen-bond donors (Lipinski definition) is 1. The molecule has 1 N–H and O–H groups in total. The highest BCUT2D eigenvalue weighted by molar-refractivity contribution is 6.81. The summed E-state index contributed by atoms with van der Waals surface area (Å²) in [4.78, 5) is 0. The van der Waals surface area contributed by atoms with Gasteiger partial charge in [-0.1, -0.05) is 105 Å². The Morgan fingerprint density at radius 3 is 2.03 bits per heavy atom. The van der Waals surface area contributed by atoms with Crippen LogP contribution < -0.4 is 0 Å². The van der Waals surface area contributed by atoms with E-state index in [0.29, 0.717) is 6.42 Å². The molecular weight excluding hydrogens is 384 g/mol. The van der Waals surface area contributed by atoms with Crippen molar-refractivity contribution in [2.45, 2.75) is 65.0 Å². The van der Waals surface area contributed by atoms with Crippen LogP contribution in [0.4, 0.5) is 0 Å². The molecule has 0 unspecified atom stereocenters. The number of hydrogen-bond acceptors (Lipinski definition) is 2. The molecule has 2 nitrogen and oxygen atoms in total. The van der Waals surface area contributed by atoms with Crippen LogP contribution in [-0.2, 0) is 11.2 Å². The predicted octanol–water partition coefficient (Wildman–Crippen LogP) is 6.83. The van der Waals surface area contributed by atoms with E-state index in [1.807, 2.05) is 7.11 Å². The maximum Gasteiger partial charge on any atom is 0.0886 e. The number of ether oxygens (including phenoxy) is 1. The maximum absolute atomic E-state index is 10.8. The lowest BCUT2D eigenvalue weighted by Gasteiger charge is -2.32. The van der Waals surface area contributed by atoms with Gasteiger partial charge in [-0.25, -0.2) is 0 Å². The van der Waals surface area contributed by atoms with Gasteiger partial charge in [0.15, 0.2) is 0 Å². The summed E-state index contributed by atoms with van der Waals surface area (Å²) in [6.07, 6.45) is 2.36. The fourth-order valence-electron chi connectivity index (χ4n) is 4.02. The molecule has 2 rings (SSSR count). The van der Waals surface area contributed by atoms with Gasteiger partial charge in [-0.05, 0) is 36.3 Å². The van der Waals surface area contributed by atoms with E-state index in [1.165, 1.54) is 16.7 Å². The van der Waals surface area contributed by atoms with Crippen molar-refractivity contribution in [3.05, 3.63) is 83.1 Å². The zero-order valence-electron chi connectivity index (χ0n) is 19.6. The van der Waals surface area contributed by atoms with Gasteiger partial charge in [0, 0.05) is 13.0 Å². The molecule has 0 aliphatic heterocycles. The lowest BCUT2D eigenvalue weighted by molar-refractivity contribution is 0.0539. The Kier molecular flexibility index (Phi) is 9.54. The van der Waals surface area contributed by atoms with Crippen molar-refractivity contribution in [1.29, 1.82) is 0 Å². The van der Waals surface area contributed by atoms with Crippen molar-refractivity contribution < 1.29 is 9.84 Å². The van der Waals surface area contributed by atoms with Crippen molar-refractivity contribution in [3.8, 4) is 0 Å². The molecule has 164 valence electrons. The Morgan fingerprint density at radius 1 is 0.967 bits per heavy atom. The van der Waals surface area contributed by atoms with Crippen molar-refractivity contribution in [2.75, 3.05) is 7.11 Å². The molecule has 0 aromatic heterocycles. The predicted molar refractivity (Wildman–Crippen MR) is 131 cm³/mol. The van der Waals surface area contributed by atoms with Crippen molar-refractivity contribution in [1.82, 2.24) is 0 Å². The molecule has 2 aromatic carbocycles. The van der Waals surface area contributed by atoms with E-state index >= 15 is 0 Å². The fourth-order valence-corrected chi connectivity index (χ4v) is 5.47. The summed E-state index contributed by atoms with van der Waals surface area (Å²) in [6.45, 7) is 11.3. The Labute approximate surface area is 185 Å². The minimum absolute atomic E-state index is 0.0168. The van der Waals surface area contributed by atoms with Crippen LogP contribution in [0.1, 0.15) is 43.9 Å². The highest BCUT2D eigenvalue weighted by Gasteiger charge is 2.29. The van der Waals surface area contributed by atoms with E-state index < -0.39 is 8.07 Å². The molecule has 0 fully saturated rings. The summed E-state index contributed by atoms with van der Waals surface area (Å²) in [6, 6.07) is 21.2. The van der Waals surface area contributed by atoms with Gasteiger partial charge in [-0.15, -0.1) is 0 Å². The first-order valence-electron chi connectivity index (χ1n) is 11.2. The van der Waals surface area contributed by atoms with E-state index in [1.54, 1.807) is 0 Å². The quantitative estimate of drug-likeness (QED) is 0.400. The third kappa shape index (κ3) is 7.86. The van der Waals surface area contributed by atoms with Crippen molar-refractivity contribution in [3.63, 3.8) is 0 Å². The standard InChI is InChI=1S/C27H40O2Si/c1-21(2)26(28)19-24(20-30(4,5)6)25(18-17-22-13-9-7-10-14-22)27(29-3)23-15-11-8-12-16-23/h7-16,20-21,25-28H,17-19H2,1-6H3/b24-20-/t25-,26+,27-/m0/s1. The monoisotopic (exact) mass is 424 g/mol. The van der Waals surface area contributed by atoms with E-state index in [9.17, 15) is 5.11 Å². The Bertz CT molecular complexity index is 762. The molecule has 0 radical (unpaired) electrons. The SMILES string of the molecule is CO[C@@H](c1ccccc1)[C@@H](CCc1ccccc1)/C(=C\[Si](C)(C)C)C[C@@H](O)C(C)C. The zero-order chi connectivity index (χ0) is 22.1. The first-order chi connectivity index (χ1) is 14.2. The summed E-state index contributed by atoms with van der Waals surface area (Å²) in [5, 5.41) is 10.8. The van der Waals surface area contributed by atoms with Gasteiger partial charge in [0.1, 0.15) is 0 Å². The van der Waals surface area contributed by atoms with Crippen LogP contribution in [0.5, 0.6) is 0 Å². The lowest BCUT2D eigenvalue weighted by Crippen LogP contribution is -2.27. The van der Waals surface area contributed by atoms with Crippen LogP contribution in [0.15, 0.2) is 71.9 Å². The molecule has 3 heteroatoms. The van der Waals surface area contributed by atoms with E-state index in [2.05, 4.69) is 99.9 Å². The largest absolute Gasteiger partial charge is 0.393 e. The smallest absolute Gasteiger partial charge is 0.0886 e. The minimum atomic E-state index is -1.48. The van der Waals surface area contributed by atoms with Crippen molar-refractivity contribution in [2.24, 2.45) is 11.8 Å². The molecule has 3 atom stereocenters. The van der Waals surface area contributed by atoms with Crippen LogP contribution >= 0.6 is 0 Å². The first-order valence-corrected chi connectivity index (χ1v) is 14.8. The molecule has 0 aliphatic carbocycles. The number of rotatable bonds is 11. The Morgan fingerprint density at radius 2 is 1.53 bits per heavy atom. The van der Waals surface area contributed by atoms with Crippen LogP contribution in [0.3, 0.4) is 0 Å². The average Bonchev–Trinajstić information content (AvgIpc) is 2.71. The summed E-state index contributed by atoms with van der Waals surface area (Å²) >= 11 is 0. The molecule has 0 aliphatic rings. The molecule has 0 heterocycles. The van der Waals surface area contributed by atoms with E-state index in [4.69, 9.17) is 4.74 Å². The van der Waals surface area contributed by atoms with Crippen LogP contribution in [-0.4, -0.2) is 26.4 Å². The molecule has 0 saturated heterocycles. The lowest BCUT2D eigenvalue weighted by atomic mass is 9.81. The maximum atomic E-state index is 10.8. The van der Waals surface area contributed by atoms with Gasteiger partial charge >= 0.3 is 0 Å². The number of aryl methyl sites for hydroxylation is 1. The summed E-state index contributed by atoms with van der Waals surface area (Å²) in [5.41, 5.74) is 6.42. The van der Waals surface area contributed by atoms with E-state index in [-0.39, 0.29) is 24.0 Å². The second kappa shape index (κ2) is 11.6. The fraction of sp³-hybridized carbons (Fsp3) is 0.481. The number of aliphatic hydroxyl groups excluding tert-OH is 1. The third-order valence-corrected chi connectivity index (χ3v) is 6.88. The van der Waals surface area contributed by atoms with Crippen LogP contribution in [0.2, 0.25) is 19.6 Å². The number of benzene rings is 2. The van der Waals surface area contributed by atoms with Gasteiger partial charge in [0.25, 0.3) is 0 Å². The van der Waals surface area contributed by atoms with Gasteiger partial charge in [0.05, 0.1) is 20.3 Å². The zero-order valence-corrected chi connectivity index (χ0v) is 20.6. The molecule has 0 bridgehead atoms. The van der Waals surface area contributed by atoms with E-state index in [0.717, 1.165) is 12.8 Å². The van der Waals surface area contributed by atoms with Gasteiger partial charge in [-0.2, -0.15) is 0 Å². The van der Waals surface area contributed by atoms with Gasteiger partial charge < -0.3 is 9.84 Å². The third-order valence-electron chi connectivity index (χ3n) is 5.64. The molecule has 30 heavy (non-hydrogen) atoms. The number of methoxy groups -OCH3 is 1. The molecule has 0 amide bonds. The van der Waals surface area contributed by atoms with Crippen molar-refractivity contribution >= 4 is 8.07 Å². The van der Waals surface area contributed by atoms with Crippen LogP contribution in [0, 0.1) is 11.8 Å². The molecular formula is C27H40O2Si. The first kappa shape index (κ1) is 24.6. The van der Waals surface area contributed by atoms with Crippen LogP contribution in [0.25, 0.3) is 0 Å². The average molecular weight is 425 g/mol. The topological polar surface area (TPSA) is 29.5 Å². The highest BCUT2D eigenvalue weighted by atomic mass is 28.3. The summed E-state index contributed by atoms with van der Waals surface area (Å²) in [5.74, 6) is 0.472. The minimum Gasteiger partial charge on any atom is -0.393 e. The Balaban J connectivity index is 2.44. The Hall–Kier alpha value is -1.68.